The number of methoxy groups -OCH3 is 1. The van der Waals surface area contributed by atoms with Crippen molar-refractivity contribution in [1.82, 2.24) is 0 Å². The van der Waals surface area contributed by atoms with Crippen LogP contribution >= 0.6 is 0 Å². The largest absolute Gasteiger partial charge is 0.507 e. The van der Waals surface area contributed by atoms with E-state index in [1.807, 2.05) is 0 Å². The van der Waals surface area contributed by atoms with Gasteiger partial charge >= 0.3 is 23.9 Å². The molecule has 0 aromatic heterocycles. The van der Waals surface area contributed by atoms with Crippen molar-refractivity contribution in [1.29, 1.82) is 0 Å². The lowest BCUT2D eigenvalue weighted by Crippen LogP contribution is -2.63. The van der Waals surface area contributed by atoms with Gasteiger partial charge in [0.1, 0.15) is 35.7 Å². The molecule has 14 heteroatoms. The van der Waals surface area contributed by atoms with Gasteiger partial charge in [-0.25, -0.2) is 0 Å². The van der Waals surface area contributed by atoms with Crippen LogP contribution in [0.5, 0.6) is 23.0 Å². The molecule has 1 fully saturated rings. The van der Waals surface area contributed by atoms with Crippen molar-refractivity contribution in [2.45, 2.75) is 58.4 Å². The lowest BCUT2D eigenvalue weighted by molar-refractivity contribution is -0.288. The quantitative estimate of drug-likeness (QED) is 0.211. The van der Waals surface area contributed by atoms with Crippen molar-refractivity contribution in [3.05, 3.63) is 48.0 Å². The highest BCUT2D eigenvalue weighted by atomic mass is 16.7. The molecule has 1 aliphatic heterocycles. The molecule has 1 heterocycles. The van der Waals surface area contributed by atoms with Crippen LogP contribution in [0.3, 0.4) is 0 Å². The zero-order valence-corrected chi connectivity index (χ0v) is 24.1. The molecule has 43 heavy (non-hydrogen) atoms. The molecule has 2 aromatic rings. The van der Waals surface area contributed by atoms with Crippen molar-refractivity contribution in [3.63, 3.8) is 0 Å². The lowest BCUT2D eigenvalue weighted by Gasteiger charge is -2.43. The predicted molar refractivity (Wildman–Crippen MR) is 144 cm³/mol. The highest BCUT2D eigenvalue weighted by Crippen LogP contribution is 2.32. The third-order valence-corrected chi connectivity index (χ3v) is 5.90. The molecule has 1 N–H and O–H groups in total. The van der Waals surface area contributed by atoms with Gasteiger partial charge in [0.05, 0.1) is 12.7 Å². The maximum absolute atomic E-state index is 12.7. The average Bonchev–Trinajstić information content (AvgIpc) is 2.93. The first kappa shape index (κ1) is 32.7. The summed E-state index contributed by atoms with van der Waals surface area (Å²) in [5, 5.41) is 10.6. The van der Waals surface area contributed by atoms with Gasteiger partial charge in [-0.1, -0.05) is 0 Å². The average molecular weight is 605 g/mol. The second kappa shape index (κ2) is 14.9. The second-order valence-electron chi connectivity index (χ2n) is 9.25. The summed E-state index contributed by atoms with van der Waals surface area (Å²) in [5.41, 5.74) is -0.0672. The molecule has 232 valence electrons. The first-order valence-corrected chi connectivity index (χ1v) is 13.0. The minimum absolute atomic E-state index is 0.0361. The summed E-state index contributed by atoms with van der Waals surface area (Å²) in [4.78, 5) is 60.0. The fourth-order valence-electron chi connectivity index (χ4n) is 4.14. The van der Waals surface area contributed by atoms with Gasteiger partial charge in [0.2, 0.25) is 18.2 Å². The number of carbonyl (C=O) groups is 5. The van der Waals surface area contributed by atoms with E-state index in [2.05, 4.69) is 0 Å². The topological polar surface area (TPSA) is 179 Å². The van der Waals surface area contributed by atoms with Crippen molar-refractivity contribution < 1.29 is 67.0 Å². The summed E-state index contributed by atoms with van der Waals surface area (Å²) in [6.45, 7) is 3.62. The Bertz CT molecular complexity index is 1320. The molecule has 2 aromatic carbocycles. The van der Waals surface area contributed by atoms with Gasteiger partial charge in [-0.05, 0) is 36.4 Å². The number of ketones is 1. The number of benzene rings is 2. The lowest BCUT2D eigenvalue weighted by atomic mass is 9.98. The number of Topliss-reactive ketones (excluding diaryl/α,β-unsaturated/α-hetero) is 1. The maximum Gasteiger partial charge on any atom is 0.303 e. The molecule has 1 aliphatic rings. The summed E-state index contributed by atoms with van der Waals surface area (Å²) in [6, 6.07) is 10.3. The van der Waals surface area contributed by atoms with E-state index in [0.717, 1.165) is 33.8 Å². The van der Waals surface area contributed by atoms with Gasteiger partial charge in [0.25, 0.3) is 0 Å². The zero-order chi connectivity index (χ0) is 31.7. The van der Waals surface area contributed by atoms with E-state index in [9.17, 15) is 29.1 Å². The molecule has 0 spiro atoms. The minimum atomic E-state index is -1.51. The molecule has 0 bridgehead atoms. The molecule has 0 amide bonds. The van der Waals surface area contributed by atoms with Crippen molar-refractivity contribution >= 4 is 29.7 Å². The van der Waals surface area contributed by atoms with Crippen molar-refractivity contribution in [2.24, 2.45) is 0 Å². The highest BCUT2D eigenvalue weighted by Gasteiger charge is 2.53. The maximum atomic E-state index is 12.7. The monoisotopic (exact) mass is 604 g/mol. The van der Waals surface area contributed by atoms with Crippen LogP contribution in [0.2, 0.25) is 0 Å². The van der Waals surface area contributed by atoms with Crippen LogP contribution in [0.15, 0.2) is 42.5 Å². The van der Waals surface area contributed by atoms with E-state index in [1.165, 1.54) is 19.2 Å². The van der Waals surface area contributed by atoms with E-state index in [4.69, 9.17) is 37.9 Å². The zero-order valence-electron chi connectivity index (χ0n) is 24.1. The molecule has 0 saturated carbocycles. The third kappa shape index (κ3) is 9.33. The van der Waals surface area contributed by atoms with Gasteiger partial charge in [-0.15, -0.1) is 0 Å². The Morgan fingerprint density at radius 2 is 1.30 bits per heavy atom. The summed E-state index contributed by atoms with van der Waals surface area (Å²) < 4.78 is 43.4. The Balaban J connectivity index is 1.84. The summed E-state index contributed by atoms with van der Waals surface area (Å²) in [5.74, 6) is -3.05. The smallest absolute Gasteiger partial charge is 0.303 e. The molecule has 1 saturated heterocycles. The Morgan fingerprint density at radius 1 is 0.744 bits per heavy atom. The molecule has 14 nitrogen and oxygen atoms in total. The van der Waals surface area contributed by atoms with Crippen molar-refractivity contribution in [2.75, 3.05) is 20.3 Å². The second-order valence-corrected chi connectivity index (χ2v) is 9.25. The normalized spacial score (nSPS) is 21.1. The fourth-order valence-corrected chi connectivity index (χ4v) is 4.14. The summed E-state index contributed by atoms with van der Waals surface area (Å²) >= 11 is 0. The van der Waals surface area contributed by atoms with Gasteiger partial charge in [-0.3, -0.25) is 24.0 Å². The van der Waals surface area contributed by atoms with Crippen LogP contribution in [0.4, 0.5) is 0 Å². The van der Waals surface area contributed by atoms with Gasteiger partial charge in [-0.2, -0.15) is 0 Å². The molecular formula is C29H32O14. The number of ether oxygens (including phenoxy) is 8. The Kier molecular flexibility index (Phi) is 11.3. The SMILES string of the molecule is COc1ccc(OCC(=O)c2ccc(O[C@@H]3O[C@H](COC(C)=O)[C@H](OC(C)=O)[C@@H](OC(C)=O)[C@H]3OC(C)=O)cc2O)cc1. The number of carbonyl (C=O) groups excluding carboxylic acids is 5. The third-order valence-electron chi connectivity index (χ3n) is 5.90. The predicted octanol–water partition coefficient (Wildman–Crippen LogP) is 2.12. The van der Waals surface area contributed by atoms with Crippen LogP contribution < -0.4 is 14.2 Å². The molecule has 0 radical (unpaired) electrons. The Labute approximate surface area is 246 Å². The fraction of sp³-hybridized carbons (Fsp3) is 0.414. The highest BCUT2D eigenvalue weighted by molar-refractivity contribution is 5.99. The Hall–Kier alpha value is -4.85. The van der Waals surface area contributed by atoms with E-state index >= 15 is 0 Å². The van der Waals surface area contributed by atoms with E-state index in [0.29, 0.717) is 11.5 Å². The number of hydrogen-bond donors (Lipinski definition) is 1. The summed E-state index contributed by atoms with van der Waals surface area (Å²) in [6.07, 6.45) is -7.00. The first-order valence-electron chi connectivity index (χ1n) is 13.0. The molecular weight excluding hydrogens is 572 g/mol. The number of aromatic hydroxyl groups is 1. The minimum Gasteiger partial charge on any atom is -0.507 e. The first-order chi connectivity index (χ1) is 20.4. The number of hydrogen-bond acceptors (Lipinski definition) is 14. The van der Waals surface area contributed by atoms with Gasteiger partial charge in [0, 0.05) is 33.8 Å². The standard InChI is InChI=1S/C29H32O14/c1-15(30)37-14-25-26(39-16(2)31)27(40-17(3)32)28(41-18(4)33)29(43-25)42-21-10-11-22(23(34)12-21)24(35)13-38-20-8-6-19(36-5)7-9-20/h6-12,25-29,34H,13-14H2,1-5H3/t25-,26+,27-,28-,29-/m1/s1. The van der Waals surface area contributed by atoms with Gasteiger partial charge in [0.15, 0.2) is 18.8 Å². The number of phenols is 1. The summed E-state index contributed by atoms with van der Waals surface area (Å²) in [7, 11) is 1.52. The van der Waals surface area contributed by atoms with Gasteiger partial charge < -0.3 is 43.0 Å². The number of rotatable bonds is 12. The van der Waals surface area contributed by atoms with Crippen LogP contribution in [0.25, 0.3) is 0 Å². The number of esters is 4. The van der Waals surface area contributed by atoms with E-state index < -0.39 is 72.7 Å². The van der Waals surface area contributed by atoms with Crippen LogP contribution in [0.1, 0.15) is 38.1 Å². The van der Waals surface area contributed by atoms with Crippen molar-refractivity contribution in [3.8, 4) is 23.0 Å². The van der Waals surface area contributed by atoms with Crippen LogP contribution in [-0.4, -0.2) is 85.8 Å². The van der Waals surface area contributed by atoms with Crippen LogP contribution in [0, 0.1) is 0 Å². The van der Waals surface area contributed by atoms with E-state index in [1.54, 1.807) is 24.3 Å². The van der Waals surface area contributed by atoms with Crippen LogP contribution in [-0.2, 0) is 42.9 Å². The molecule has 0 aliphatic carbocycles. The Morgan fingerprint density at radius 3 is 1.86 bits per heavy atom. The molecule has 3 rings (SSSR count). The van der Waals surface area contributed by atoms with E-state index in [-0.39, 0.29) is 17.9 Å². The molecule has 0 unspecified atom stereocenters. The number of phenolic OH excluding ortho intramolecular Hbond substituents is 1. The molecule has 5 atom stereocenters.